The second-order valence-corrected chi connectivity index (χ2v) is 5.97. The molecule has 130 valence electrons. The summed E-state index contributed by atoms with van der Waals surface area (Å²) in [4.78, 5) is 0. The molecule has 0 atom stereocenters. The molecule has 0 unspecified atom stereocenters. The fraction of sp³-hybridized carbons (Fsp3) is 0.429. The number of methoxy groups -OCH3 is 1. The minimum atomic E-state index is 0.797. The molecule has 0 aromatic heterocycles. The van der Waals surface area contributed by atoms with E-state index in [1.54, 1.807) is 7.11 Å². The molecular formula is C21H29NO2. The van der Waals surface area contributed by atoms with E-state index in [4.69, 9.17) is 9.47 Å². The van der Waals surface area contributed by atoms with Gasteiger partial charge in [-0.2, -0.15) is 0 Å². The van der Waals surface area contributed by atoms with Crippen LogP contribution in [0.25, 0.3) is 0 Å². The van der Waals surface area contributed by atoms with Gasteiger partial charge in [-0.1, -0.05) is 51.2 Å². The van der Waals surface area contributed by atoms with Crippen LogP contribution in [-0.2, 0) is 0 Å². The number of unbranched alkanes of at least 4 members (excludes halogenated alkanes) is 5. The molecule has 2 rings (SSSR count). The van der Waals surface area contributed by atoms with Crippen LogP contribution >= 0.6 is 0 Å². The Morgan fingerprint density at radius 1 is 0.833 bits per heavy atom. The first kappa shape index (κ1) is 18.2. The quantitative estimate of drug-likeness (QED) is 0.500. The van der Waals surface area contributed by atoms with Crippen molar-refractivity contribution in [3.8, 4) is 11.5 Å². The number of hydrogen-bond donors (Lipinski definition) is 1. The van der Waals surface area contributed by atoms with E-state index < -0.39 is 0 Å². The standard InChI is InChI=1S/C21H29NO2/c1-3-4-5-6-7-10-17-24-19-15-13-18(14-16-19)22-20-11-8-9-12-21(20)23-2/h8-9,11-16,22H,3-7,10,17H2,1-2H3. The van der Waals surface area contributed by atoms with E-state index in [1.807, 2.05) is 48.5 Å². The van der Waals surface area contributed by atoms with Gasteiger partial charge in [-0.05, 0) is 42.8 Å². The molecule has 0 radical (unpaired) electrons. The largest absolute Gasteiger partial charge is 0.495 e. The SMILES string of the molecule is CCCCCCCCOc1ccc(Nc2ccccc2OC)cc1. The summed E-state index contributed by atoms with van der Waals surface area (Å²) in [5.74, 6) is 1.76. The van der Waals surface area contributed by atoms with E-state index >= 15 is 0 Å². The summed E-state index contributed by atoms with van der Waals surface area (Å²) in [5, 5.41) is 3.37. The molecule has 0 spiro atoms. The molecule has 3 nitrogen and oxygen atoms in total. The van der Waals surface area contributed by atoms with Gasteiger partial charge in [-0.15, -0.1) is 0 Å². The summed E-state index contributed by atoms with van der Waals surface area (Å²) in [5.41, 5.74) is 1.98. The lowest BCUT2D eigenvalue weighted by Gasteiger charge is -2.12. The Balaban J connectivity index is 1.74. The van der Waals surface area contributed by atoms with Crippen LogP contribution < -0.4 is 14.8 Å². The van der Waals surface area contributed by atoms with Crippen molar-refractivity contribution in [1.29, 1.82) is 0 Å². The second-order valence-electron chi connectivity index (χ2n) is 5.97. The Morgan fingerprint density at radius 2 is 1.54 bits per heavy atom. The summed E-state index contributed by atoms with van der Waals surface area (Å²) in [6.07, 6.45) is 7.70. The maximum atomic E-state index is 5.81. The van der Waals surface area contributed by atoms with Gasteiger partial charge in [-0.3, -0.25) is 0 Å². The normalized spacial score (nSPS) is 10.4. The zero-order chi connectivity index (χ0) is 17.0. The fourth-order valence-electron chi connectivity index (χ4n) is 2.61. The van der Waals surface area contributed by atoms with Crippen molar-refractivity contribution in [3.05, 3.63) is 48.5 Å². The third-order valence-electron chi connectivity index (χ3n) is 4.01. The molecule has 0 bridgehead atoms. The lowest BCUT2D eigenvalue weighted by Crippen LogP contribution is -1.98. The topological polar surface area (TPSA) is 30.5 Å². The smallest absolute Gasteiger partial charge is 0.142 e. The Kier molecular flexibility index (Phi) is 8.02. The van der Waals surface area contributed by atoms with Crippen molar-refractivity contribution in [1.82, 2.24) is 0 Å². The predicted octanol–water partition coefficient (Wildman–Crippen LogP) is 6.18. The van der Waals surface area contributed by atoms with E-state index in [9.17, 15) is 0 Å². The maximum Gasteiger partial charge on any atom is 0.142 e. The van der Waals surface area contributed by atoms with E-state index in [-0.39, 0.29) is 0 Å². The van der Waals surface area contributed by atoms with Crippen molar-refractivity contribution in [2.24, 2.45) is 0 Å². The van der Waals surface area contributed by atoms with Crippen molar-refractivity contribution in [2.45, 2.75) is 45.4 Å². The Bertz CT molecular complexity index is 581. The number of nitrogens with one attached hydrogen (secondary N) is 1. The molecule has 0 saturated carbocycles. The van der Waals surface area contributed by atoms with Crippen LogP contribution in [0.15, 0.2) is 48.5 Å². The van der Waals surface area contributed by atoms with Crippen LogP contribution in [0.3, 0.4) is 0 Å². The molecule has 0 heterocycles. The summed E-state index contributed by atoms with van der Waals surface area (Å²) in [6, 6.07) is 16.0. The highest BCUT2D eigenvalue weighted by atomic mass is 16.5. The van der Waals surface area contributed by atoms with Gasteiger partial charge in [0, 0.05) is 5.69 Å². The fourth-order valence-corrected chi connectivity index (χ4v) is 2.61. The number of hydrogen-bond acceptors (Lipinski definition) is 3. The monoisotopic (exact) mass is 327 g/mol. The molecule has 0 aliphatic rings. The van der Waals surface area contributed by atoms with Gasteiger partial charge in [0.05, 0.1) is 19.4 Å². The maximum absolute atomic E-state index is 5.81. The molecule has 0 aliphatic heterocycles. The zero-order valence-corrected chi connectivity index (χ0v) is 14.9. The number of anilines is 2. The Hall–Kier alpha value is -2.16. The Labute approximate surface area is 146 Å². The molecule has 2 aromatic carbocycles. The molecule has 24 heavy (non-hydrogen) atoms. The second kappa shape index (κ2) is 10.6. The summed E-state index contributed by atoms with van der Waals surface area (Å²) < 4.78 is 11.2. The van der Waals surface area contributed by atoms with E-state index in [2.05, 4.69) is 12.2 Å². The molecule has 0 aliphatic carbocycles. The first-order valence-electron chi connectivity index (χ1n) is 8.96. The van der Waals surface area contributed by atoms with Gasteiger partial charge in [0.15, 0.2) is 0 Å². The van der Waals surface area contributed by atoms with Gasteiger partial charge in [0.2, 0.25) is 0 Å². The minimum Gasteiger partial charge on any atom is -0.495 e. The molecule has 2 aromatic rings. The van der Waals surface area contributed by atoms with E-state index in [1.165, 1.54) is 32.1 Å². The van der Waals surface area contributed by atoms with Crippen molar-refractivity contribution in [3.63, 3.8) is 0 Å². The van der Waals surface area contributed by atoms with E-state index in [0.29, 0.717) is 0 Å². The molecule has 0 amide bonds. The molecular weight excluding hydrogens is 298 g/mol. The lowest BCUT2D eigenvalue weighted by atomic mass is 10.1. The zero-order valence-electron chi connectivity index (χ0n) is 14.9. The summed E-state index contributed by atoms with van der Waals surface area (Å²) in [6.45, 7) is 3.04. The summed E-state index contributed by atoms with van der Waals surface area (Å²) >= 11 is 0. The van der Waals surface area contributed by atoms with Gasteiger partial charge in [-0.25, -0.2) is 0 Å². The minimum absolute atomic E-state index is 0.797. The van der Waals surface area contributed by atoms with Crippen LogP contribution in [0.1, 0.15) is 45.4 Å². The van der Waals surface area contributed by atoms with Crippen molar-refractivity contribution in [2.75, 3.05) is 19.0 Å². The van der Waals surface area contributed by atoms with E-state index in [0.717, 1.165) is 35.9 Å². The molecule has 1 N–H and O–H groups in total. The molecule has 0 fully saturated rings. The summed E-state index contributed by atoms with van der Waals surface area (Å²) in [7, 11) is 1.68. The number of ether oxygens (including phenoxy) is 2. The average molecular weight is 327 g/mol. The number of rotatable bonds is 11. The highest BCUT2D eigenvalue weighted by Gasteiger charge is 2.02. The molecule has 0 saturated heterocycles. The van der Waals surface area contributed by atoms with Crippen molar-refractivity contribution < 1.29 is 9.47 Å². The third kappa shape index (κ3) is 6.15. The first-order valence-corrected chi connectivity index (χ1v) is 8.96. The van der Waals surface area contributed by atoms with Gasteiger partial charge < -0.3 is 14.8 Å². The number of para-hydroxylation sites is 2. The van der Waals surface area contributed by atoms with Crippen LogP contribution in [0, 0.1) is 0 Å². The first-order chi connectivity index (χ1) is 11.8. The third-order valence-corrected chi connectivity index (χ3v) is 4.01. The van der Waals surface area contributed by atoms with Gasteiger partial charge in [0.1, 0.15) is 11.5 Å². The predicted molar refractivity (Wildman–Crippen MR) is 102 cm³/mol. The van der Waals surface area contributed by atoms with Gasteiger partial charge >= 0.3 is 0 Å². The van der Waals surface area contributed by atoms with Crippen LogP contribution in [0.5, 0.6) is 11.5 Å². The Morgan fingerprint density at radius 3 is 2.29 bits per heavy atom. The number of benzene rings is 2. The lowest BCUT2D eigenvalue weighted by molar-refractivity contribution is 0.304. The average Bonchev–Trinajstić information content (AvgIpc) is 2.63. The van der Waals surface area contributed by atoms with Crippen LogP contribution in [0.2, 0.25) is 0 Å². The van der Waals surface area contributed by atoms with Crippen LogP contribution in [-0.4, -0.2) is 13.7 Å². The van der Waals surface area contributed by atoms with Crippen molar-refractivity contribution >= 4 is 11.4 Å². The molecule has 3 heteroatoms. The van der Waals surface area contributed by atoms with Gasteiger partial charge in [0.25, 0.3) is 0 Å². The van der Waals surface area contributed by atoms with Crippen LogP contribution in [0.4, 0.5) is 11.4 Å². The highest BCUT2D eigenvalue weighted by Crippen LogP contribution is 2.27. The highest BCUT2D eigenvalue weighted by molar-refractivity contribution is 5.66.